The number of piperidine rings is 1. The fourth-order valence-electron chi connectivity index (χ4n) is 3.30. The zero-order valence-corrected chi connectivity index (χ0v) is 17.8. The van der Waals surface area contributed by atoms with E-state index in [1.165, 1.54) is 24.3 Å². The summed E-state index contributed by atoms with van der Waals surface area (Å²) in [5.74, 6) is -0.446. The van der Waals surface area contributed by atoms with Crippen LogP contribution in [-0.4, -0.2) is 47.2 Å². The highest BCUT2D eigenvalue weighted by atomic mass is 32.2. The van der Waals surface area contributed by atoms with Gasteiger partial charge in [-0.15, -0.1) is 0 Å². The van der Waals surface area contributed by atoms with E-state index in [0.29, 0.717) is 30.3 Å². The number of hydrogen-bond donors (Lipinski definition) is 2. The fourth-order valence-corrected chi connectivity index (χ4v) is 4.04. The molecule has 6 nitrogen and oxygen atoms in total. The number of amides is 3. The van der Waals surface area contributed by atoms with E-state index in [9.17, 15) is 27.2 Å². The maximum absolute atomic E-state index is 13.2. The number of thioether (sulfide) groups is 1. The van der Waals surface area contributed by atoms with Crippen LogP contribution in [0.2, 0.25) is 0 Å². The molecular formula is C21H22F4N4O2S. The number of benzene rings is 1. The zero-order chi connectivity index (χ0) is 23.1. The van der Waals surface area contributed by atoms with Gasteiger partial charge in [0.15, 0.2) is 0 Å². The van der Waals surface area contributed by atoms with Gasteiger partial charge < -0.3 is 15.5 Å². The van der Waals surface area contributed by atoms with Crippen LogP contribution in [0.15, 0.2) is 47.6 Å². The van der Waals surface area contributed by atoms with Crippen LogP contribution in [-0.2, 0) is 11.0 Å². The van der Waals surface area contributed by atoms with Gasteiger partial charge >= 0.3 is 12.2 Å². The number of rotatable bonds is 6. The molecule has 1 aromatic heterocycles. The fraction of sp³-hybridized carbons (Fsp3) is 0.381. The summed E-state index contributed by atoms with van der Waals surface area (Å²) in [7, 11) is 0. The van der Waals surface area contributed by atoms with E-state index in [1.54, 1.807) is 11.0 Å². The molecule has 1 fully saturated rings. The maximum Gasteiger partial charge on any atom is 0.417 e. The van der Waals surface area contributed by atoms with Crippen LogP contribution < -0.4 is 10.6 Å². The molecule has 172 valence electrons. The number of halogens is 4. The predicted molar refractivity (Wildman–Crippen MR) is 113 cm³/mol. The molecule has 11 heteroatoms. The average Bonchev–Trinajstić information content (AvgIpc) is 2.76. The van der Waals surface area contributed by atoms with Crippen molar-refractivity contribution >= 4 is 29.4 Å². The lowest BCUT2D eigenvalue weighted by molar-refractivity contribution is -0.138. The highest BCUT2D eigenvalue weighted by Gasteiger charge is 2.30. The molecule has 0 saturated carbocycles. The Labute approximate surface area is 186 Å². The van der Waals surface area contributed by atoms with Gasteiger partial charge in [-0.25, -0.2) is 14.2 Å². The number of aromatic nitrogens is 1. The first kappa shape index (κ1) is 23.8. The second kappa shape index (κ2) is 10.7. The third kappa shape index (κ3) is 7.11. The lowest BCUT2D eigenvalue weighted by Crippen LogP contribution is -2.45. The van der Waals surface area contributed by atoms with Gasteiger partial charge in [0.25, 0.3) is 0 Å². The Balaban J connectivity index is 1.42. The van der Waals surface area contributed by atoms with Gasteiger partial charge in [0.05, 0.1) is 16.3 Å². The summed E-state index contributed by atoms with van der Waals surface area (Å²) in [5.41, 5.74) is -0.488. The number of hydrogen-bond acceptors (Lipinski definition) is 4. The second-order valence-corrected chi connectivity index (χ2v) is 8.36. The topological polar surface area (TPSA) is 74.3 Å². The molecule has 32 heavy (non-hydrogen) atoms. The van der Waals surface area contributed by atoms with Crippen LogP contribution in [0.4, 0.5) is 28.0 Å². The molecule has 1 aliphatic heterocycles. The Hall–Kier alpha value is -2.82. The summed E-state index contributed by atoms with van der Waals surface area (Å²) in [6.07, 6.45) is -2.06. The van der Waals surface area contributed by atoms with Crippen molar-refractivity contribution in [1.29, 1.82) is 0 Å². The van der Waals surface area contributed by atoms with E-state index >= 15 is 0 Å². The van der Waals surface area contributed by atoms with Gasteiger partial charge in [-0.3, -0.25) is 4.79 Å². The number of pyridine rings is 1. The van der Waals surface area contributed by atoms with E-state index in [-0.39, 0.29) is 17.6 Å². The number of likely N-dealkylation sites (tertiary alicyclic amines) is 1. The van der Waals surface area contributed by atoms with Crippen molar-refractivity contribution < 1.29 is 27.2 Å². The van der Waals surface area contributed by atoms with Crippen LogP contribution in [0.1, 0.15) is 18.4 Å². The number of nitrogens with one attached hydrogen (secondary N) is 2. The first-order chi connectivity index (χ1) is 15.2. The number of anilines is 1. The lowest BCUT2D eigenvalue weighted by Gasteiger charge is -2.32. The third-order valence-corrected chi connectivity index (χ3v) is 5.84. The summed E-state index contributed by atoms with van der Waals surface area (Å²) >= 11 is 1.08. The number of alkyl halides is 3. The van der Waals surface area contributed by atoms with Crippen LogP contribution in [0.5, 0.6) is 0 Å². The largest absolute Gasteiger partial charge is 0.417 e. The number of urea groups is 1. The van der Waals surface area contributed by atoms with E-state index < -0.39 is 23.6 Å². The molecule has 0 spiro atoms. The van der Waals surface area contributed by atoms with Crippen molar-refractivity contribution in [3.63, 3.8) is 0 Å². The van der Waals surface area contributed by atoms with Gasteiger partial charge in [-0.1, -0.05) is 17.8 Å². The zero-order valence-electron chi connectivity index (χ0n) is 17.0. The predicted octanol–water partition coefficient (Wildman–Crippen LogP) is 4.39. The minimum absolute atomic E-state index is 0.0680. The van der Waals surface area contributed by atoms with Crippen molar-refractivity contribution in [3.8, 4) is 0 Å². The monoisotopic (exact) mass is 470 g/mol. The van der Waals surface area contributed by atoms with Crippen molar-refractivity contribution in [2.24, 2.45) is 5.92 Å². The Kier molecular flexibility index (Phi) is 7.94. The van der Waals surface area contributed by atoms with Crippen molar-refractivity contribution in [2.45, 2.75) is 24.0 Å². The van der Waals surface area contributed by atoms with Crippen LogP contribution in [0.25, 0.3) is 0 Å². The number of carbonyl (C=O) groups is 2. The van der Waals surface area contributed by atoms with Crippen LogP contribution >= 0.6 is 11.8 Å². The van der Waals surface area contributed by atoms with Crippen LogP contribution in [0.3, 0.4) is 0 Å². The molecule has 2 heterocycles. The van der Waals surface area contributed by atoms with Gasteiger partial charge in [0.2, 0.25) is 5.91 Å². The maximum atomic E-state index is 13.2. The quantitative estimate of drug-likeness (QED) is 0.485. The smallest absolute Gasteiger partial charge is 0.342 e. The molecule has 0 unspecified atom stereocenters. The normalized spacial score (nSPS) is 16.5. The Morgan fingerprint density at radius 2 is 2.03 bits per heavy atom. The van der Waals surface area contributed by atoms with E-state index in [1.807, 2.05) is 0 Å². The first-order valence-corrected chi connectivity index (χ1v) is 10.9. The summed E-state index contributed by atoms with van der Waals surface area (Å²) in [4.78, 5) is 30.0. The highest BCUT2D eigenvalue weighted by molar-refractivity contribution is 7.99. The number of carbonyl (C=O) groups excluding carboxylic acids is 2. The molecule has 1 atom stereocenters. The van der Waals surface area contributed by atoms with Crippen molar-refractivity contribution in [1.82, 2.24) is 15.2 Å². The number of nitrogens with zero attached hydrogens (tertiary/aromatic N) is 2. The Morgan fingerprint density at radius 3 is 2.72 bits per heavy atom. The standard InChI is InChI=1S/C21H22F4N4O2S/c22-16-4-1-5-17(9-16)28-20(31)27-10-14-3-2-8-29(12-14)19(30)13-32-18-7-6-15(11-26-18)21(23,24)25/h1,4-7,9,11,14H,2-3,8,10,12-13H2,(H2,27,28,31)/t14-/m1/s1. The minimum atomic E-state index is -4.45. The molecule has 0 bridgehead atoms. The Morgan fingerprint density at radius 1 is 1.22 bits per heavy atom. The second-order valence-electron chi connectivity index (χ2n) is 7.36. The minimum Gasteiger partial charge on any atom is -0.342 e. The van der Waals surface area contributed by atoms with E-state index in [0.717, 1.165) is 36.9 Å². The summed E-state index contributed by atoms with van der Waals surface area (Å²) in [6, 6.07) is 7.30. The van der Waals surface area contributed by atoms with E-state index in [2.05, 4.69) is 15.6 Å². The molecule has 1 aliphatic rings. The summed E-state index contributed by atoms with van der Waals surface area (Å²) in [6.45, 7) is 1.42. The van der Waals surface area contributed by atoms with Gasteiger partial charge in [0.1, 0.15) is 5.82 Å². The first-order valence-electron chi connectivity index (χ1n) is 9.95. The van der Waals surface area contributed by atoms with Gasteiger partial charge in [-0.05, 0) is 49.1 Å². The Bertz CT molecular complexity index is 940. The summed E-state index contributed by atoms with van der Waals surface area (Å²) < 4.78 is 51.0. The molecule has 1 saturated heterocycles. The average molecular weight is 470 g/mol. The van der Waals surface area contributed by atoms with Crippen LogP contribution in [0, 0.1) is 11.7 Å². The lowest BCUT2D eigenvalue weighted by atomic mass is 9.98. The third-order valence-electron chi connectivity index (χ3n) is 4.91. The van der Waals surface area contributed by atoms with Crippen molar-refractivity contribution in [2.75, 3.05) is 30.7 Å². The molecule has 3 rings (SSSR count). The summed E-state index contributed by atoms with van der Waals surface area (Å²) in [5, 5.41) is 5.64. The molecular weight excluding hydrogens is 448 g/mol. The molecule has 1 aromatic carbocycles. The molecule has 0 aliphatic carbocycles. The molecule has 2 aromatic rings. The molecule has 3 amide bonds. The van der Waals surface area contributed by atoms with E-state index in [4.69, 9.17) is 0 Å². The van der Waals surface area contributed by atoms with Gasteiger partial charge in [0, 0.05) is 31.5 Å². The SMILES string of the molecule is O=C(NC[C@H]1CCCN(C(=O)CSc2ccc(C(F)(F)F)cn2)C1)Nc1cccc(F)c1. The molecule has 2 N–H and O–H groups in total. The van der Waals surface area contributed by atoms with Gasteiger partial charge in [-0.2, -0.15) is 13.2 Å². The highest BCUT2D eigenvalue weighted by Crippen LogP contribution is 2.29. The molecule has 0 radical (unpaired) electrons. The van der Waals surface area contributed by atoms with Crippen molar-refractivity contribution in [3.05, 3.63) is 54.0 Å².